The molecule has 1 saturated heterocycles. The zero-order valence-electron chi connectivity index (χ0n) is 13.7. The van der Waals surface area contributed by atoms with Gasteiger partial charge in [0.2, 0.25) is 0 Å². The largest absolute Gasteiger partial charge is 0.330 e. The van der Waals surface area contributed by atoms with Crippen LogP contribution in [0.2, 0.25) is 0 Å². The minimum absolute atomic E-state index is 0.0165. The molecule has 1 amide bonds. The molecular weight excluding hydrogens is 305 g/mol. The van der Waals surface area contributed by atoms with Crippen LogP contribution in [0.4, 0.5) is 4.39 Å². The number of halogens is 1. The Hall–Kier alpha value is -2.17. The number of carbonyl (C=O) groups is 1. The Kier molecular flexibility index (Phi) is 4.08. The number of hydrogen-bond donors (Lipinski definition) is 1. The van der Waals surface area contributed by atoms with E-state index < -0.39 is 0 Å². The number of aromatic amines is 1. The van der Waals surface area contributed by atoms with Crippen molar-refractivity contribution in [2.75, 3.05) is 6.54 Å². The van der Waals surface area contributed by atoms with E-state index in [0.717, 1.165) is 68.3 Å². The predicted molar refractivity (Wildman–Crippen MR) is 89.3 cm³/mol. The fraction of sp³-hybridized carbons (Fsp3) is 0.474. The summed E-state index contributed by atoms with van der Waals surface area (Å²) in [7, 11) is 0. The number of carbonyl (C=O) groups excluding carboxylic acids is 1. The van der Waals surface area contributed by atoms with Gasteiger partial charge in [0.15, 0.2) is 5.69 Å². The topological polar surface area (TPSA) is 49.0 Å². The molecule has 1 N–H and O–H groups in total. The highest BCUT2D eigenvalue weighted by Gasteiger charge is 2.32. The molecule has 2 aliphatic rings. The van der Waals surface area contributed by atoms with Crippen LogP contribution in [0.25, 0.3) is 0 Å². The summed E-state index contributed by atoms with van der Waals surface area (Å²) in [6, 6.07) is 6.56. The summed E-state index contributed by atoms with van der Waals surface area (Å²) in [5.74, 6) is -0.225. The van der Waals surface area contributed by atoms with Crippen molar-refractivity contribution >= 4 is 5.91 Å². The minimum Gasteiger partial charge on any atom is -0.330 e. The Labute approximate surface area is 141 Å². The average molecular weight is 327 g/mol. The van der Waals surface area contributed by atoms with Crippen LogP contribution in [-0.2, 0) is 12.8 Å². The monoisotopic (exact) mass is 327 g/mol. The summed E-state index contributed by atoms with van der Waals surface area (Å²) < 4.78 is 13.2. The van der Waals surface area contributed by atoms with Crippen LogP contribution in [0.1, 0.15) is 65.5 Å². The van der Waals surface area contributed by atoms with E-state index >= 15 is 0 Å². The molecule has 1 aliphatic heterocycles. The standard InChI is InChI=1S/C19H22FN3O/c20-14-10-8-13(9-11-14)17-7-3-4-12-23(17)19(24)18-15-5-1-2-6-16(15)21-22-18/h8-11,17H,1-7,12H2,(H,21,22). The molecule has 1 aromatic carbocycles. The van der Waals surface area contributed by atoms with Gasteiger partial charge < -0.3 is 4.90 Å². The lowest BCUT2D eigenvalue weighted by Gasteiger charge is -2.36. The van der Waals surface area contributed by atoms with E-state index in [4.69, 9.17) is 0 Å². The molecule has 0 bridgehead atoms. The van der Waals surface area contributed by atoms with Gasteiger partial charge in [0.1, 0.15) is 5.82 Å². The van der Waals surface area contributed by atoms with Crippen molar-refractivity contribution in [3.8, 4) is 0 Å². The second-order valence-corrected chi connectivity index (χ2v) is 6.80. The first-order chi connectivity index (χ1) is 11.7. The molecule has 1 atom stereocenters. The van der Waals surface area contributed by atoms with Crippen LogP contribution in [0.3, 0.4) is 0 Å². The van der Waals surface area contributed by atoms with Gasteiger partial charge in [-0.3, -0.25) is 9.89 Å². The van der Waals surface area contributed by atoms with E-state index in [1.165, 1.54) is 12.1 Å². The number of likely N-dealkylation sites (tertiary alicyclic amines) is 1. The number of H-pyrrole nitrogens is 1. The normalized spacial score (nSPS) is 20.7. The lowest BCUT2D eigenvalue weighted by atomic mass is 9.92. The average Bonchev–Trinajstić information content (AvgIpc) is 3.06. The lowest BCUT2D eigenvalue weighted by Crippen LogP contribution is -2.39. The number of nitrogens with one attached hydrogen (secondary N) is 1. The smallest absolute Gasteiger partial charge is 0.275 e. The number of hydrogen-bond acceptors (Lipinski definition) is 2. The molecule has 0 saturated carbocycles. The van der Waals surface area contributed by atoms with Crippen molar-refractivity contribution in [2.24, 2.45) is 0 Å². The first-order valence-electron chi connectivity index (χ1n) is 8.86. The molecule has 2 heterocycles. The lowest BCUT2D eigenvalue weighted by molar-refractivity contribution is 0.0604. The minimum atomic E-state index is -0.242. The second kappa shape index (κ2) is 6.38. The highest BCUT2D eigenvalue weighted by atomic mass is 19.1. The van der Waals surface area contributed by atoms with Gasteiger partial charge in [0, 0.05) is 17.8 Å². The molecule has 126 valence electrons. The van der Waals surface area contributed by atoms with E-state index in [1.807, 2.05) is 4.90 Å². The number of nitrogens with zero attached hydrogens (tertiary/aromatic N) is 2. The zero-order chi connectivity index (χ0) is 16.5. The molecule has 1 aliphatic carbocycles. The van der Waals surface area contributed by atoms with Crippen LogP contribution in [0.15, 0.2) is 24.3 Å². The van der Waals surface area contributed by atoms with Crippen molar-refractivity contribution in [3.63, 3.8) is 0 Å². The molecule has 4 rings (SSSR count). The maximum absolute atomic E-state index is 13.2. The number of benzene rings is 1. The van der Waals surface area contributed by atoms with E-state index in [9.17, 15) is 9.18 Å². The van der Waals surface area contributed by atoms with Gasteiger partial charge in [-0.25, -0.2) is 4.39 Å². The molecule has 0 radical (unpaired) electrons. The molecule has 4 nitrogen and oxygen atoms in total. The van der Waals surface area contributed by atoms with Crippen LogP contribution < -0.4 is 0 Å². The van der Waals surface area contributed by atoms with Gasteiger partial charge in [0.05, 0.1) is 6.04 Å². The summed E-state index contributed by atoms with van der Waals surface area (Å²) in [5.41, 5.74) is 3.84. The Morgan fingerprint density at radius 1 is 1.12 bits per heavy atom. The van der Waals surface area contributed by atoms with E-state index in [0.29, 0.717) is 5.69 Å². The van der Waals surface area contributed by atoms with Crippen molar-refractivity contribution < 1.29 is 9.18 Å². The quantitative estimate of drug-likeness (QED) is 0.912. The molecule has 5 heteroatoms. The summed E-state index contributed by atoms with van der Waals surface area (Å²) in [6.45, 7) is 0.739. The molecule has 0 spiro atoms. The Balaban J connectivity index is 1.64. The van der Waals surface area contributed by atoms with Crippen molar-refractivity contribution in [3.05, 3.63) is 52.6 Å². The fourth-order valence-electron chi connectivity index (χ4n) is 4.00. The Morgan fingerprint density at radius 3 is 2.75 bits per heavy atom. The number of piperidine rings is 1. The summed E-state index contributed by atoms with van der Waals surface area (Å²) >= 11 is 0. The molecule has 1 unspecified atom stereocenters. The third kappa shape index (κ3) is 2.72. The maximum Gasteiger partial charge on any atom is 0.275 e. The highest BCUT2D eigenvalue weighted by molar-refractivity contribution is 5.94. The second-order valence-electron chi connectivity index (χ2n) is 6.80. The van der Waals surface area contributed by atoms with E-state index in [1.54, 1.807) is 12.1 Å². The highest BCUT2D eigenvalue weighted by Crippen LogP contribution is 2.33. The molecule has 1 fully saturated rings. The van der Waals surface area contributed by atoms with Crippen molar-refractivity contribution in [2.45, 2.75) is 51.0 Å². The first kappa shape index (κ1) is 15.4. The van der Waals surface area contributed by atoms with Gasteiger partial charge >= 0.3 is 0 Å². The van der Waals surface area contributed by atoms with E-state index in [2.05, 4.69) is 10.2 Å². The van der Waals surface area contributed by atoms with Gasteiger partial charge in [-0.05, 0) is 62.6 Å². The number of aromatic nitrogens is 2. The third-order valence-electron chi connectivity index (χ3n) is 5.28. The number of fused-ring (bicyclic) bond motifs is 1. The third-order valence-corrected chi connectivity index (χ3v) is 5.28. The number of amides is 1. The van der Waals surface area contributed by atoms with Gasteiger partial charge in [-0.2, -0.15) is 5.10 Å². The van der Waals surface area contributed by atoms with Crippen LogP contribution >= 0.6 is 0 Å². The van der Waals surface area contributed by atoms with Crippen molar-refractivity contribution in [1.82, 2.24) is 15.1 Å². The van der Waals surface area contributed by atoms with E-state index in [-0.39, 0.29) is 17.8 Å². The number of aryl methyl sites for hydroxylation is 1. The molecule has 24 heavy (non-hydrogen) atoms. The van der Waals surface area contributed by atoms with Gasteiger partial charge in [0.25, 0.3) is 5.91 Å². The van der Waals surface area contributed by atoms with Crippen LogP contribution in [0.5, 0.6) is 0 Å². The summed E-state index contributed by atoms with van der Waals surface area (Å²) in [5, 5.41) is 7.40. The zero-order valence-corrected chi connectivity index (χ0v) is 13.7. The SMILES string of the molecule is O=C(c1n[nH]c2c1CCCC2)N1CCCCC1c1ccc(F)cc1. The fourth-order valence-corrected chi connectivity index (χ4v) is 4.00. The molecule has 2 aromatic rings. The Bertz CT molecular complexity index is 738. The predicted octanol–water partition coefficient (Wildman–Crippen LogP) is 3.80. The van der Waals surface area contributed by atoms with Crippen LogP contribution in [-0.4, -0.2) is 27.5 Å². The number of rotatable bonds is 2. The Morgan fingerprint density at radius 2 is 1.92 bits per heavy atom. The van der Waals surface area contributed by atoms with Gasteiger partial charge in [-0.1, -0.05) is 12.1 Å². The van der Waals surface area contributed by atoms with Crippen molar-refractivity contribution in [1.29, 1.82) is 0 Å². The van der Waals surface area contributed by atoms with Gasteiger partial charge in [-0.15, -0.1) is 0 Å². The molecule has 1 aromatic heterocycles. The first-order valence-corrected chi connectivity index (χ1v) is 8.86. The van der Waals surface area contributed by atoms with Crippen LogP contribution in [0, 0.1) is 5.82 Å². The summed E-state index contributed by atoms with van der Waals surface area (Å²) in [6.07, 6.45) is 7.21. The summed E-state index contributed by atoms with van der Waals surface area (Å²) in [4.78, 5) is 15.1. The maximum atomic E-state index is 13.2. The molecular formula is C19H22FN3O.